The number of nitrogens with zero attached hydrogens (tertiary/aromatic N) is 2. The Bertz CT molecular complexity index is 608. The van der Waals surface area contributed by atoms with Gasteiger partial charge < -0.3 is 15.0 Å². The Morgan fingerprint density at radius 2 is 2.05 bits per heavy atom. The van der Waals surface area contributed by atoms with Crippen LogP contribution >= 0.6 is 0 Å². The van der Waals surface area contributed by atoms with Crippen LogP contribution in [-0.2, 0) is 6.42 Å². The van der Waals surface area contributed by atoms with Gasteiger partial charge in [-0.05, 0) is 33.0 Å². The zero-order valence-corrected chi connectivity index (χ0v) is 13.6. The van der Waals surface area contributed by atoms with Crippen molar-refractivity contribution in [1.82, 2.24) is 10.3 Å². The second kappa shape index (κ2) is 6.76. The lowest BCUT2D eigenvalue weighted by Crippen LogP contribution is -2.14. The molecule has 0 unspecified atom stereocenters. The second-order valence-electron chi connectivity index (χ2n) is 5.70. The van der Waals surface area contributed by atoms with Crippen LogP contribution in [0.15, 0.2) is 24.3 Å². The lowest BCUT2D eigenvalue weighted by molar-refractivity contribution is 0.245. The molecule has 0 fully saturated rings. The third-order valence-corrected chi connectivity index (χ3v) is 3.31. The van der Waals surface area contributed by atoms with Crippen LogP contribution in [0.5, 0.6) is 5.75 Å². The zero-order valence-electron chi connectivity index (χ0n) is 13.6. The van der Waals surface area contributed by atoms with Crippen molar-refractivity contribution in [2.75, 3.05) is 32.6 Å². The number of hydrogen-bond donors (Lipinski definition) is 1. The summed E-state index contributed by atoms with van der Waals surface area (Å²) in [5.74, 6) is 0.858. The quantitative estimate of drug-likeness (QED) is 0.886. The van der Waals surface area contributed by atoms with Crippen LogP contribution in [0.4, 0.5) is 5.69 Å². The average molecular weight is 287 g/mol. The summed E-state index contributed by atoms with van der Waals surface area (Å²) >= 11 is 0. The van der Waals surface area contributed by atoms with Crippen LogP contribution in [-0.4, -0.2) is 38.8 Å². The molecule has 0 bridgehead atoms. The molecule has 1 aromatic heterocycles. The molecule has 0 aliphatic carbocycles. The van der Waals surface area contributed by atoms with E-state index in [1.54, 1.807) is 0 Å². The van der Waals surface area contributed by atoms with Gasteiger partial charge in [0.05, 0.1) is 6.10 Å². The molecule has 4 heteroatoms. The third kappa shape index (κ3) is 3.64. The molecule has 0 amide bonds. The smallest absolute Gasteiger partial charge is 0.145 e. The molecule has 0 aliphatic heterocycles. The second-order valence-corrected chi connectivity index (χ2v) is 5.70. The van der Waals surface area contributed by atoms with Gasteiger partial charge in [-0.3, -0.25) is 0 Å². The molecule has 114 valence electrons. The van der Waals surface area contributed by atoms with Crippen molar-refractivity contribution in [3.63, 3.8) is 0 Å². The van der Waals surface area contributed by atoms with Crippen LogP contribution < -0.4 is 15.0 Å². The molecule has 4 nitrogen and oxygen atoms in total. The Morgan fingerprint density at radius 3 is 2.67 bits per heavy atom. The standard InChI is InChI=1S/C17H25N3O/c1-12(2)21-16-8-6-7-14-15(20(4)5)11-13(9-10-18-3)19-17(14)16/h6-8,11-12,18H,9-10H2,1-5H3. The third-order valence-electron chi connectivity index (χ3n) is 3.31. The molecule has 2 aromatic rings. The number of ether oxygens (including phenoxy) is 1. The van der Waals surface area contributed by atoms with E-state index in [1.807, 2.05) is 33.0 Å². The van der Waals surface area contributed by atoms with E-state index in [9.17, 15) is 0 Å². The molecule has 0 aliphatic rings. The number of benzene rings is 1. The summed E-state index contributed by atoms with van der Waals surface area (Å²) in [5, 5.41) is 4.31. The molecule has 1 heterocycles. The van der Waals surface area contributed by atoms with E-state index >= 15 is 0 Å². The van der Waals surface area contributed by atoms with Crippen molar-refractivity contribution in [2.24, 2.45) is 0 Å². The number of pyridine rings is 1. The van der Waals surface area contributed by atoms with Gasteiger partial charge in [0, 0.05) is 43.8 Å². The van der Waals surface area contributed by atoms with Gasteiger partial charge in [-0.25, -0.2) is 4.98 Å². The topological polar surface area (TPSA) is 37.4 Å². The summed E-state index contributed by atoms with van der Waals surface area (Å²) in [5.41, 5.74) is 3.21. The summed E-state index contributed by atoms with van der Waals surface area (Å²) in [6.07, 6.45) is 1.05. The van der Waals surface area contributed by atoms with Gasteiger partial charge in [-0.1, -0.05) is 12.1 Å². The lowest BCUT2D eigenvalue weighted by Gasteiger charge is -2.19. The molecule has 0 spiro atoms. The molecule has 0 saturated carbocycles. The fourth-order valence-electron chi connectivity index (χ4n) is 2.36. The van der Waals surface area contributed by atoms with Gasteiger partial charge in [-0.2, -0.15) is 0 Å². The van der Waals surface area contributed by atoms with Crippen LogP contribution in [0.2, 0.25) is 0 Å². The minimum Gasteiger partial charge on any atom is -0.489 e. The molecule has 2 rings (SSSR count). The van der Waals surface area contributed by atoms with E-state index in [0.717, 1.165) is 35.3 Å². The van der Waals surface area contributed by atoms with Gasteiger partial charge >= 0.3 is 0 Å². The maximum absolute atomic E-state index is 5.93. The molecule has 0 saturated heterocycles. The van der Waals surface area contributed by atoms with E-state index in [4.69, 9.17) is 9.72 Å². The number of likely N-dealkylation sites (N-methyl/N-ethyl adjacent to an activating group) is 1. The Morgan fingerprint density at radius 1 is 1.29 bits per heavy atom. The predicted molar refractivity (Wildman–Crippen MR) is 89.5 cm³/mol. The monoisotopic (exact) mass is 287 g/mol. The van der Waals surface area contributed by atoms with Gasteiger partial charge in [0.2, 0.25) is 0 Å². The van der Waals surface area contributed by atoms with Crippen molar-refractivity contribution < 1.29 is 4.74 Å². The van der Waals surface area contributed by atoms with Crippen molar-refractivity contribution >= 4 is 16.6 Å². The summed E-state index contributed by atoms with van der Waals surface area (Å²) in [6.45, 7) is 4.99. The largest absolute Gasteiger partial charge is 0.489 e. The first kappa shape index (κ1) is 15.6. The maximum atomic E-state index is 5.93. The van der Waals surface area contributed by atoms with Crippen molar-refractivity contribution in [1.29, 1.82) is 0 Å². The van der Waals surface area contributed by atoms with Gasteiger partial charge in [-0.15, -0.1) is 0 Å². The summed E-state index contributed by atoms with van der Waals surface area (Å²) in [6, 6.07) is 8.30. The number of fused-ring (bicyclic) bond motifs is 1. The maximum Gasteiger partial charge on any atom is 0.145 e. The van der Waals surface area contributed by atoms with Crippen LogP contribution in [0, 0.1) is 0 Å². The minimum atomic E-state index is 0.140. The fraction of sp³-hybridized carbons (Fsp3) is 0.471. The summed E-state index contributed by atoms with van der Waals surface area (Å²) < 4.78 is 5.93. The Kier molecular flexibility index (Phi) is 5.02. The highest BCUT2D eigenvalue weighted by molar-refractivity contribution is 5.95. The Hall–Kier alpha value is -1.81. The Labute approximate surface area is 127 Å². The minimum absolute atomic E-state index is 0.140. The number of rotatable bonds is 6. The average Bonchev–Trinajstić information content (AvgIpc) is 2.44. The molecular weight excluding hydrogens is 262 g/mol. The molecular formula is C17H25N3O. The molecule has 1 aromatic carbocycles. The van der Waals surface area contributed by atoms with Crippen molar-refractivity contribution in [2.45, 2.75) is 26.4 Å². The first-order chi connectivity index (χ1) is 10.0. The molecule has 1 N–H and O–H groups in total. The summed E-state index contributed by atoms with van der Waals surface area (Å²) in [4.78, 5) is 6.95. The number of anilines is 1. The fourth-order valence-corrected chi connectivity index (χ4v) is 2.36. The number of aromatic nitrogens is 1. The SMILES string of the molecule is CNCCc1cc(N(C)C)c2cccc(OC(C)C)c2n1. The van der Waals surface area contributed by atoms with Gasteiger partial charge in [0.25, 0.3) is 0 Å². The number of hydrogen-bond acceptors (Lipinski definition) is 4. The van der Waals surface area contributed by atoms with Gasteiger partial charge in [0.15, 0.2) is 0 Å². The number of para-hydroxylation sites is 1. The zero-order chi connectivity index (χ0) is 15.4. The highest BCUT2D eigenvalue weighted by Gasteiger charge is 2.12. The van der Waals surface area contributed by atoms with Crippen LogP contribution in [0.25, 0.3) is 10.9 Å². The summed E-state index contributed by atoms with van der Waals surface area (Å²) in [7, 11) is 6.08. The number of nitrogens with one attached hydrogen (secondary N) is 1. The molecule has 0 atom stereocenters. The van der Waals surface area contributed by atoms with Gasteiger partial charge in [0.1, 0.15) is 11.3 Å². The van der Waals surface area contributed by atoms with E-state index in [2.05, 4.69) is 36.4 Å². The normalized spacial score (nSPS) is 11.1. The predicted octanol–water partition coefficient (Wildman–Crippen LogP) is 2.85. The van der Waals surface area contributed by atoms with E-state index in [1.165, 1.54) is 5.69 Å². The van der Waals surface area contributed by atoms with E-state index < -0.39 is 0 Å². The molecule has 0 radical (unpaired) electrons. The Balaban J connectivity index is 2.58. The van der Waals surface area contributed by atoms with Crippen molar-refractivity contribution in [3.8, 4) is 5.75 Å². The lowest BCUT2D eigenvalue weighted by atomic mass is 10.1. The van der Waals surface area contributed by atoms with Crippen LogP contribution in [0.1, 0.15) is 19.5 Å². The first-order valence-corrected chi connectivity index (χ1v) is 7.44. The van der Waals surface area contributed by atoms with Crippen LogP contribution in [0.3, 0.4) is 0 Å². The van der Waals surface area contributed by atoms with E-state index in [0.29, 0.717) is 0 Å². The first-order valence-electron chi connectivity index (χ1n) is 7.44. The van der Waals surface area contributed by atoms with E-state index in [-0.39, 0.29) is 6.10 Å². The highest BCUT2D eigenvalue weighted by Crippen LogP contribution is 2.32. The van der Waals surface area contributed by atoms with Crippen molar-refractivity contribution in [3.05, 3.63) is 30.0 Å². The molecule has 21 heavy (non-hydrogen) atoms. The highest BCUT2D eigenvalue weighted by atomic mass is 16.5.